The van der Waals surface area contributed by atoms with Crippen molar-refractivity contribution < 1.29 is 17.9 Å². The first-order valence-corrected chi connectivity index (χ1v) is 10.5. The van der Waals surface area contributed by atoms with E-state index in [0.29, 0.717) is 43.0 Å². The Morgan fingerprint density at radius 2 is 1.93 bits per heavy atom. The molecule has 0 atom stereocenters. The minimum atomic E-state index is -3.67. The molecule has 1 aliphatic heterocycles. The first-order chi connectivity index (χ1) is 13.0. The molecular weight excluding hydrogens is 364 g/mol. The third kappa shape index (κ3) is 4.14. The molecule has 0 bridgehead atoms. The number of fused-ring (bicyclic) bond motifs is 1. The maximum Gasteiger partial charge on any atom is 0.262 e. The normalized spacial score (nSPS) is 14.1. The van der Waals surface area contributed by atoms with Gasteiger partial charge in [-0.1, -0.05) is 25.1 Å². The van der Waals surface area contributed by atoms with Gasteiger partial charge in [-0.05, 0) is 48.2 Å². The number of nitrogens with one attached hydrogen (secondary N) is 1. The molecular formula is C20H24N2O4S. The van der Waals surface area contributed by atoms with Crippen LogP contribution < -0.4 is 9.62 Å². The van der Waals surface area contributed by atoms with Gasteiger partial charge in [0.1, 0.15) is 0 Å². The lowest BCUT2D eigenvalue weighted by Crippen LogP contribution is -2.37. The number of benzene rings is 2. The van der Waals surface area contributed by atoms with Gasteiger partial charge in [0.2, 0.25) is 5.91 Å². The Hall–Kier alpha value is -2.38. The number of anilines is 2. The first kappa shape index (κ1) is 19.4. The van der Waals surface area contributed by atoms with Crippen molar-refractivity contribution in [3.05, 3.63) is 53.6 Å². The Labute approximate surface area is 160 Å². The smallest absolute Gasteiger partial charge is 0.262 e. The molecule has 144 valence electrons. The molecule has 0 spiro atoms. The van der Waals surface area contributed by atoms with E-state index in [9.17, 15) is 13.2 Å². The van der Waals surface area contributed by atoms with Crippen molar-refractivity contribution >= 4 is 27.3 Å². The van der Waals surface area contributed by atoms with Gasteiger partial charge in [0.25, 0.3) is 10.0 Å². The van der Waals surface area contributed by atoms with Gasteiger partial charge in [0.05, 0.1) is 11.5 Å². The Kier molecular flexibility index (Phi) is 5.82. The molecule has 27 heavy (non-hydrogen) atoms. The van der Waals surface area contributed by atoms with Crippen LogP contribution in [0.5, 0.6) is 0 Å². The molecule has 7 heteroatoms. The van der Waals surface area contributed by atoms with Crippen molar-refractivity contribution in [2.24, 2.45) is 0 Å². The van der Waals surface area contributed by atoms with Crippen LogP contribution >= 0.6 is 0 Å². The predicted octanol–water partition coefficient (Wildman–Crippen LogP) is 2.98. The summed E-state index contributed by atoms with van der Waals surface area (Å²) in [6.45, 7) is 2.86. The summed E-state index contributed by atoms with van der Waals surface area (Å²) in [5.74, 6) is 0.0600. The molecule has 0 saturated carbocycles. The molecule has 2 aromatic rings. The number of hydrogen-bond acceptors (Lipinski definition) is 4. The monoisotopic (exact) mass is 388 g/mol. The molecule has 3 rings (SSSR count). The van der Waals surface area contributed by atoms with Crippen molar-refractivity contribution in [1.82, 2.24) is 0 Å². The highest BCUT2D eigenvalue weighted by Crippen LogP contribution is 2.31. The lowest BCUT2D eigenvalue weighted by molar-refractivity contribution is -0.119. The fourth-order valence-corrected chi connectivity index (χ4v) is 4.68. The third-order valence-electron chi connectivity index (χ3n) is 4.69. The summed E-state index contributed by atoms with van der Waals surface area (Å²) in [4.78, 5) is 14.2. The lowest BCUT2D eigenvalue weighted by Gasteiger charge is -2.29. The van der Waals surface area contributed by atoms with Crippen LogP contribution in [0.2, 0.25) is 0 Å². The number of carbonyl (C=O) groups excluding carboxylic acids is 1. The molecule has 6 nitrogen and oxygen atoms in total. The van der Waals surface area contributed by atoms with Gasteiger partial charge in [-0.3, -0.25) is 9.52 Å². The summed E-state index contributed by atoms with van der Waals surface area (Å²) in [6, 6.07) is 12.3. The van der Waals surface area contributed by atoms with Crippen molar-refractivity contribution in [3.63, 3.8) is 0 Å². The van der Waals surface area contributed by atoms with E-state index in [1.807, 2.05) is 25.1 Å². The first-order valence-electron chi connectivity index (χ1n) is 8.99. The zero-order chi connectivity index (χ0) is 19.4. The summed E-state index contributed by atoms with van der Waals surface area (Å²) in [5.41, 5.74) is 3.05. The van der Waals surface area contributed by atoms with E-state index >= 15 is 0 Å². The average Bonchev–Trinajstić information content (AvgIpc) is 2.67. The van der Waals surface area contributed by atoms with Crippen molar-refractivity contribution in [1.29, 1.82) is 0 Å². The second-order valence-corrected chi connectivity index (χ2v) is 8.10. The number of nitrogens with zero attached hydrogens (tertiary/aromatic N) is 1. The zero-order valence-corrected chi connectivity index (χ0v) is 16.4. The molecule has 0 radical (unpaired) electrons. The van der Waals surface area contributed by atoms with Gasteiger partial charge in [0, 0.05) is 31.5 Å². The topological polar surface area (TPSA) is 75.7 Å². The van der Waals surface area contributed by atoms with E-state index in [2.05, 4.69) is 4.72 Å². The quantitative estimate of drug-likeness (QED) is 0.791. The van der Waals surface area contributed by atoms with E-state index in [4.69, 9.17) is 4.74 Å². The van der Waals surface area contributed by atoms with E-state index in [1.54, 1.807) is 36.3 Å². The number of hydrogen-bond donors (Lipinski definition) is 1. The number of amides is 1. The number of sulfonamides is 1. The lowest BCUT2D eigenvalue weighted by atomic mass is 10.0. The molecule has 1 amide bonds. The predicted molar refractivity (Wildman–Crippen MR) is 106 cm³/mol. The molecule has 1 aliphatic rings. The summed E-state index contributed by atoms with van der Waals surface area (Å²) < 4.78 is 33.4. The number of aryl methyl sites for hydroxylation is 2. The molecule has 0 aliphatic carbocycles. The maximum absolute atomic E-state index is 12.8. The van der Waals surface area contributed by atoms with E-state index in [0.717, 1.165) is 16.8 Å². The van der Waals surface area contributed by atoms with Gasteiger partial charge in [-0.15, -0.1) is 0 Å². The van der Waals surface area contributed by atoms with Gasteiger partial charge in [-0.2, -0.15) is 0 Å². The molecule has 1 N–H and O–H groups in total. The van der Waals surface area contributed by atoms with Crippen molar-refractivity contribution in [2.45, 2.75) is 31.1 Å². The Bertz CT molecular complexity index is 941. The summed E-state index contributed by atoms with van der Waals surface area (Å²) >= 11 is 0. The van der Waals surface area contributed by atoms with Gasteiger partial charge in [-0.25, -0.2) is 8.42 Å². The Morgan fingerprint density at radius 1 is 1.15 bits per heavy atom. The number of carbonyl (C=O) groups is 1. The Balaban J connectivity index is 1.88. The minimum Gasteiger partial charge on any atom is -0.383 e. The van der Waals surface area contributed by atoms with Gasteiger partial charge < -0.3 is 9.64 Å². The number of methoxy groups -OCH3 is 1. The van der Waals surface area contributed by atoms with Gasteiger partial charge in [0.15, 0.2) is 0 Å². The van der Waals surface area contributed by atoms with E-state index in [-0.39, 0.29) is 5.91 Å². The SMILES string of the molecule is CCc1ccccc1S(=O)(=O)Nc1ccc2c(c1)CCC(=O)N2CCOC. The molecule has 0 fully saturated rings. The van der Waals surface area contributed by atoms with E-state index in [1.165, 1.54) is 0 Å². The van der Waals surface area contributed by atoms with Crippen LogP contribution in [0.25, 0.3) is 0 Å². The molecule has 0 saturated heterocycles. The average molecular weight is 388 g/mol. The van der Waals surface area contributed by atoms with Crippen molar-refractivity contribution in [2.75, 3.05) is 29.9 Å². The highest BCUT2D eigenvalue weighted by Gasteiger charge is 2.25. The highest BCUT2D eigenvalue weighted by molar-refractivity contribution is 7.92. The van der Waals surface area contributed by atoms with Crippen LogP contribution in [0.15, 0.2) is 47.4 Å². The van der Waals surface area contributed by atoms with E-state index < -0.39 is 10.0 Å². The number of rotatable bonds is 7. The molecule has 1 heterocycles. The fraction of sp³-hybridized carbons (Fsp3) is 0.350. The van der Waals surface area contributed by atoms with Crippen LogP contribution in [0, 0.1) is 0 Å². The van der Waals surface area contributed by atoms with Crippen LogP contribution in [0.4, 0.5) is 11.4 Å². The molecule has 2 aromatic carbocycles. The minimum absolute atomic E-state index is 0.0600. The second kappa shape index (κ2) is 8.10. The van der Waals surface area contributed by atoms with Crippen LogP contribution in [-0.4, -0.2) is 34.6 Å². The van der Waals surface area contributed by atoms with Crippen LogP contribution in [0.3, 0.4) is 0 Å². The van der Waals surface area contributed by atoms with Crippen molar-refractivity contribution in [3.8, 4) is 0 Å². The summed E-state index contributed by atoms with van der Waals surface area (Å²) in [6.07, 6.45) is 1.64. The molecule has 0 aromatic heterocycles. The maximum atomic E-state index is 12.8. The third-order valence-corrected chi connectivity index (χ3v) is 6.18. The standard InChI is InChI=1S/C20H24N2O4S/c1-3-15-6-4-5-7-19(15)27(24,25)21-17-9-10-18-16(14-17)8-11-20(23)22(18)12-13-26-2/h4-7,9-10,14,21H,3,8,11-13H2,1-2H3. The fourth-order valence-electron chi connectivity index (χ4n) is 3.32. The van der Waals surface area contributed by atoms with Gasteiger partial charge >= 0.3 is 0 Å². The van der Waals surface area contributed by atoms with Crippen LogP contribution in [-0.2, 0) is 32.4 Å². The summed E-state index contributed by atoms with van der Waals surface area (Å²) in [5, 5.41) is 0. The zero-order valence-electron chi connectivity index (χ0n) is 15.6. The van der Waals surface area contributed by atoms with Crippen LogP contribution in [0.1, 0.15) is 24.5 Å². The highest BCUT2D eigenvalue weighted by atomic mass is 32.2. The summed E-state index contributed by atoms with van der Waals surface area (Å²) in [7, 11) is -2.07. The molecule has 0 unspecified atom stereocenters. The largest absolute Gasteiger partial charge is 0.383 e. The number of ether oxygens (including phenoxy) is 1. The Morgan fingerprint density at radius 3 is 2.67 bits per heavy atom. The second-order valence-electron chi connectivity index (χ2n) is 6.45.